The predicted octanol–water partition coefficient (Wildman–Crippen LogP) is 2.83. The van der Waals surface area contributed by atoms with Crippen LogP contribution in [0, 0.1) is 5.82 Å². The lowest BCUT2D eigenvalue weighted by Crippen LogP contribution is -2.19. The first kappa shape index (κ1) is 17.4. The summed E-state index contributed by atoms with van der Waals surface area (Å²) in [6, 6.07) is 8.69. The molecule has 5 rings (SSSR count). The van der Waals surface area contributed by atoms with Gasteiger partial charge < -0.3 is 11.1 Å². The van der Waals surface area contributed by atoms with Gasteiger partial charge in [-0.3, -0.25) is 9.48 Å². The van der Waals surface area contributed by atoms with E-state index in [1.807, 2.05) is 18.2 Å². The summed E-state index contributed by atoms with van der Waals surface area (Å²) in [6.45, 7) is -0.0239. The highest BCUT2D eigenvalue weighted by Crippen LogP contribution is 2.40. The number of benzene rings is 1. The van der Waals surface area contributed by atoms with Crippen molar-refractivity contribution in [2.24, 2.45) is 0 Å². The third kappa shape index (κ3) is 3.54. The van der Waals surface area contributed by atoms with Crippen LogP contribution < -0.4 is 11.1 Å². The highest BCUT2D eigenvalue weighted by atomic mass is 19.1. The van der Waals surface area contributed by atoms with Crippen molar-refractivity contribution in [3.05, 3.63) is 60.3 Å². The molecule has 9 heteroatoms. The Labute approximate surface area is 165 Å². The Balaban J connectivity index is 1.28. The van der Waals surface area contributed by atoms with E-state index in [2.05, 4.69) is 20.5 Å². The van der Waals surface area contributed by atoms with Crippen LogP contribution in [0.4, 0.5) is 16.0 Å². The van der Waals surface area contributed by atoms with Crippen molar-refractivity contribution in [1.82, 2.24) is 24.4 Å². The molecule has 3 heterocycles. The molecule has 0 aliphatic heterocycles. The van der Waals surface area contributed by atoms with Crippen molar-refractivity contribution >= 4 is 23.2 Å². The van der Waals surface area contributed by atoms with Crippen LogP contribution in [0.25, 0.3) is 16.8 Å². The SMILES string of the molecule is Nc1nc2cc(-c3cnn(CC(=O)Nc4ccc(C5CC5)cc4F)c3)ccn2n1. The number of halogens is 1. The number of carbonyl (C=O) groups is 1. The topological polar surface area (TPSA) is 103 Å². The first-order valence-corrected chi connectivity index (χ1v) is 9.29. The van der Waals surface area contributed by atoms with Gasteiger partial charge in [-0.2, -0.15) is 10.1 Å². The van der Waals surface area contributed by atoms with Gasteiger partial charge in [-0.1, -0.05) is 6.07 Å². The fraction of sp³-hybridized carbons (Fsp3) is 0.200. The van der Waals surface area contributed by atoms with Gasteiger partial charge in [0.05, 0.1) is 11.9 Å². The van der Waals surface area contributed by atoms with E-state index in [1.54, 1.807) is 29.2 Å². The number of rotatable bonds is 5. The molecule has 8 nitrogen and oxygen atoms in total. The average Bonchev–Trinajstić information content (AvgIpc) is 3.32. The molecule has 1 aliphatic carbocycles. The van der Waals surface area contributed by atoms with Crippen molar-refractivity contribution in [3.63, 3.8) is 0 Å². The van der Waals surface area contributed by atoms with Gasteiger partial charge in [-0.05, 0) is 54.2 Å². The second-order valence-corrected chi connectivity index (χ2v) is 7.18. The van der Waals surface area contributed by atoms with Crippen LogP contribution in [0.3, 0.4) is 0 Å². The normalized spacial score (nSPS) is 13.7. The van der Waals surface area contributed by atoms with Crippen LogP contribution in [0.15, 0.2) is 48.9 Å². The summed E-state index contributed by atoms with van der Waals surface area (Å²) in [6.07, 6.45) is 7.36. The molecule has 0 radical (unpaired) electrons. The van der Waals surface area contributed by atoms with Gasteiger partial charge >= 0.3 is 0 Å². The van der Waals surface area contributed by atoms with Gasteiger partial charge in [-0.15, -0.1) is 5.10 Å². The van der Waals surface area contributed by atoms with E-state index >= 15 is 0 Å². The van der Waals surface area contributed by atoms with Crippen molar-refractivity contribution in [3.8, 4) is 11.1 Å². The molecule has 29 heavy (non-hydrogen) atoms. The molecule has 0 unspecified atom stereocenters. The zero-order valence-electron chi connectivity index (χ0n) is 15.4. The highest BCUT2D eigenvalue weighted by molar-refractivity contribution is 5.90. The first-order valence-electron chi connectivity index (χ1n) is 9.29. The van der Waals surface area contributed by atoms with Crippen LogP contribution in [-0.4, -0.2) is 30.3 Å². The summed E-state index contributed by atoms with van der Waals surface area (Å²) in [7, 11) is 0. The summed E-state index contributed by atoms with van der Waals surface area (Å²) >= 11 is 0. The molecule has 1 fully saturated rings. The maximum absolute atomic E-state index is 14.2. The van der Waals surface area contributed by atoms with Crippen LogP contribution in [0.2, 0.25) is 0 Å². The fourth-order valence-electron chi connectivity index (χ4n) is 3.32. The van der Waals surface area contributed by atoms with Gasteiger partial charge in [0.15, 0.2) is 5.65 Å². The predicted molar refractivity (Wildman–Crippen MR) is 106 cm³/mol. The Morgan fingerprint density at radius 1 is 1.24 bits per heavy atom. The minimum absolute atomic E-state index is 0.0239. The number of nitrogens with zero attached hydrogens (tertiary/aromatic N) is 5. The van der Waals surface area contributed by atoms with Gasteiger partial charge in [-0.25, -0.2) is 8.91 Å². The number of anilines is 2. The van der Waals surface area contributed by atoms with E-state index in [9.17, 15) is 9.18 Å². The molecule has 0 spiro atoms. The molecule has 1 amide bonds. The summed E-state index contributed by atoms with van der Waals surface area (Å²) in [5.41, 5.74) is 9.09. The van der Waals surface area contributed by atoms with E-state index in [0.717, 1.165) is 29.5 Å². The van der Waals surface area contributed by atoms with Crippen LogP contribution in [0.5, 0.6) is 0 Å². The lowest BCUT2D eigenvalue weighted by Gasteiger charge is -2.08. The summed E-state index contributed by atoms with van der Waals surface area (Å²) in [4.78, 5) is 16.4. The standard InChI is InChI=1S/C20H18FN7O/c21-16-7-13(12-1-2-12)3-4-17(16)24-19(29)11-27-10-15(9-23-27)14-5-6-28-18(8-14)25-20(22)26-28/h3-10,12H,1-2,11H2,(H2,22,26)(H,24,29). The average molecular weight is 391 g/mol. The van der Waals surface area contributed by atoms with Crippen molar-refractivity contribution in [1.29, 1.82) is 0 Å². The lowest BCUT2D eigenvalue weighted by atomic mass is 10.1. The minimum atomic E-state index is -0.412. The number of hydrogen-bond acceptors (Lipinski definition) is 5. The molecule has 0 atom stereocenters. The maximum Gasteiger partial charge on any atom is 0.246 e. The summed E-state index contributed by atoms with van der Waals surface area (Å²) < 4.78 is 17.3. The van der Waals surface area contributed by atoms with Crippen LogP contribution in [-0.2, 0) is 11.3 Å². The second kappa shape index (κ2) is 6.69. The Kier molecular flexibility index (Phi) is 4.01. The first-order chi connectivity index (χ1) is 14.0. The molecule has 0 saturated heterocycles. The molecule has 0 bridgehead atoms. The minimum Gasteiger partial charge on any atom is -0.366 e. The fourth-order valence-corrected chi connectivity index (χ4v) is 3.32. The van der Waals surface area contributed by atoms with Crippen molar-refractivity contribution < 1.29 is 9.18 Å². The molecule has 1 aromatic carbocycles. The van der Waals surface area contributed by atoms with Gasteiger partial charge in [0.25, 0.3) is 0 Å². The largest absolute Gasteiger partial charge is 0.366 e. The molecular formula is C20H18FN7O. The lowest BCUT2D eigenvalue weighted by molar-refractivity contribution is -0.116. The molecule has 4 aromatic rings. The van der Waals surface area contributed by atoms with Crippen LogP contribution >= 0.6 is 0 Å². The number of hydrogen-bond donors (Lipinski definition) is 2. The number of carbonyl (C=O) groups excluding carboxylic acids is 1. The highest BCUT2D eigenvalue weighted by Gasteiger charge is 2.24. The zero-order valence-corrected chi connectivity index (χ0v) is 15.4. The van der Waals surface area contributed by atoms with Crippen molar-refractivity contribution in [2.45, 2.75) is 25.3 Å². The molecular weight excluding hydrogens is 373 g/mol. The summed E-state index contributed by atoms with van der Waals surface area (Å²) in [5, 5.41) is 10.9. The molecule has 3 N–H and O–H groups in total. The number of amides is 1. The summed E-state index contributed by atoms with van der Waals surface area (Å²) in [5.74, 6) is -0.0970. The van der Waals surface area contributed by atoms with Gasteiger partial charge in [0.2, 0.25) is 11.9 Å². The Morgan fingerprint density at radius 3 is 2.90 bits per heavy atom. The third-order valence-electron chi connectivity index (χ3n) is 4.94. The second-order valence-electron chi connectivity index (χ2n) is 7.18. The Morgan fingerprint density at radius 2 is 2.10 bits per heavy atom. The molecule has 1 saturated carbocycles. The third-order valence-corrected chi connectivity index (χ3v) is 4.94. The molecule has 1 aliphatic rings. The molecule has 146 valence electrons. The monoisotopic (exact) mass is 391 g/mol. The van der Waals surface area contributed by atoms with E-state index in [-0.39, 0.29) is 24.1 Å². The van der Waals surface area contributed by atoms with Crippen LogP contribution in [0.1, 0.15) is 24.3 Å². The van der Waals surface area contributed by atoms with Gasteiger partial charge in [0, 0.05) is 18.0 Å². The zero-order chi connectivity index (χ0) is 20.0. The number of fused-ring (bicyclic) bond motifs is 1. The number of aromatic nitrogens is 5. The number of nitrogens with two attached hydrogens (primary N) is 1. The van der Waals surface area contributed by atoms with E-state index < -0.39 is 5.82 Å². The number of pyridine rings is 1. The smallest absolute Gasteiger partial charge is 0.246 e. The van der Waals surface area contributed by atoms with E-state index in [4.69, 9.17) is 5.73 Å². The van der Waals surface area contributed by atoms with E-state index in [1.165, 1.54) is 10.7 Å². The van der Waals surface area contributed by atoms with Crippen molar-refractivity contribution in [2.75, 3.05) is 11.1 Å². The number of nitrogen functional groups attached to an aromatic ring is 1. The van der Waals surface area contributed by atoms with Gasteiger partial charge in [0.1, 0.15) is 12.4 Å². The Bertz CT molecular complexity index is 1220. The molecule has 3 aromatic heterocycles. The number of nitrogens with one attached hydrogen (secondary N) is 1. The quantitative estimate of drug-likeness (QED) is 0.545. The van der Waals surface area contributed by atoms with E-state index in [0.29, 0.717) is 11.6 Å². The maximum atomic E-state index is 14.2. The Hall–Kier alpha value is -3.75.